The maximum absolute atomic E-state index is 13.1. The van der Waals surface area contributed by atoms with Crippen LogP contribution in [-0.4, -0.2) is 35.1 Å². The number of nitrogens with one attached hydrogen (secondary N) is 1. The van der Waals surface area contributed by atoms with Crippen molar-refractivity contribution in [3.8, 4) is 11.5 Å². The van der Waals surface area contributed by atoms with E-state index in [-0.39, 0.29) is 4.91 Å². The molecule has 200 valence electrons. The molecule has 0 unspecified atom stereocenters. The summed E-state index contributed by atoms with van der Waals surface area (Å²) < 4.78 is 25.1. The van der Waals surface area contributed by atoms with E-state index in [1.165, 1.54) is 24.3 Å². The molecule has 1 heterocycles. The lowest BCUT2D eigenvalue weighted by Gasteiger charge is -2.17. The van der Waals surface area contributed by atoms with Gasteiger partial charge in [-0.05, 0) is 78.7 Å². The van der Waals surface area contributed by atoms with Gasteiger partial charge in [0, 0.05) is 11.3 Å². The van der Waals surface area contributed by atoms with Crippen molar-refractivity contribution < 1.29 is 28.2 Å². The number of hydrogen-bond donors (Lipinski definition) is 1. The maximum atomic E-state index is 13.1. The minimum absolute atomic E-state index is 0.180. The summed E-state index contributed by atoms with van der Waals surface area (Å²) in [5.41, 5.74) is 2.82. The number of anilines is 1. The molecule has 0 saturated carbocycles. The first kappa shape index (κ1) is 27.7. The molecule has 0 aromatic heterocycles. The molecule has 1 aliphatic rings. The second-order valence-electron chi connectivity index (χ2n) is 8.53. The number of ether oxygens (including phenoxy) is 2. The van der Waals surface area contributed by atoms with Gasteiger partial charge in [-0.15, -0.1) is 6.58 Å². The zero-order valence-corrected chi connectivity index (χ0v) is 22.1. The number of amides is 3. The largest absolute Gasteiger partial charge is 0.490 e. The number of allylic oxidation sites excluding steroid dienone is 1. The SMILES string of the molecule is C=CCc1cc(/C=C2\SC(=O)N(CC(=O)Nc3ccc(F)cc3)C2=O)cc(OCC)c1OCc1ccccc1. The highest BCUT2D eigenvalue weighted by atomic mass is 32.2. The van der Waals surface area contributed by atoms with Crippen molar-refractivity contribution in [2.24, 2.45) is 0 Å². The van der Waals surface area contributed by atoms with Crippen molar-refractivity contribution in [3.63, 3.8) is 0 Å². The second-order valence-corrected chi connectivity index (χ2v) is 9.52. The lowest BCUT2D eigenvalue weighted by Crippen LogP contribution is -2.36. The first-order valence-corrected chi connectivity index (χ1v) is 13.1. The molecule has 1 N–H and O–H groups in total. The fourth-order valence-electron chi connectivity index (χ4n) is 3.90. The molecule has 0 aliphatic carbocycles. The van der Waals surface area contributed by atoms with Crippen molar-refractivity contribution in [3.05, 3.63) is 107 Å². The predicted octanol–water partition coefficient (Wildman–Crippen LogP) is 6.21. The van der Waals surface area contributed by atoms with Crippen LogP contribution in [0.2, 0.25) is 0 Å². The van der Waals surface area contributed by atoms with Crippen LogP contribution in [0.25, 0.3) is 6.08 Å². The molecule has 7 nitrogen and oxygen atoms in total. The van der Waals surface area contributed by atoms with Crippen molar-refractivity contribution in [1.82, 2.24) is 4.90 Å². The average molecular weight is 547 g/mol. The molecule has 3 aromatic carbocycles. The predicted molar refractivity (Wildman–Crippen MR) is 150 cm³/mol. The minimum Gasteiger partial charge on any atom is -0.490 e. The van der Waals surface area contributed by atoms with Gasteiger partial charge in [0.2, 0.25) is 5.91 Å². The molecule has 0 radical (unpaired) electrons. The normalized spacial score (nSPS) is 14.0. The zero-order chi connectivity index (χ0) is 27.8. The molecule has 39 heavy (non-hydrogen) atoms. The molecular formula is C30H27FN2O5S. The van der Waals surface area contributed by atoms with Crippen LogP contribution in [0.4, 0.5) is 14.9 Å². The fraction of sp³-hybridized carbons (Fsp3) is 0.167. The van der Waals surface area contributed by atoms with Gasteiger partial charge in [0.1, 0.15) is 19.0 Å². The smallest absolute Gasteiger partial charge is 0.294 e. The Bertz CT molecular complexity index is 1410. The highest BCUT2D eigenvalue weighted by Crippen LogP contribution is 2.37. The lowest BCUT2D eigenvalue weighted by atomic mass is 10.0. The van der Waals surface area contributed by atoms with Crippen molar-refractivity contribution in [1.29, 1.82) is 0 Å². The number of rotatable bonds is 11. The van der Waals surface area contributed by atoms with Gasteiger partial charge in [-0.2, -0.15) is 0 Å². The van der Waals surface area contributed by atoms with E-state index in [0.29, 0.717) is 42.4 Å². The van der Waals surface area contributed by atoms with Gasteiger partial charge < -0.3 is 14.8 Å². The first-order chi connectivity index (χ1) is 18.9. The zero-order valence-electron chi connectivity index (χ0n) is 21.3. The Labute approximate surface area is 230 Å². The summed E-state index contributed by atoms with van der Waals surface area (Å²) in [6.07, 6.45) is 3.84. The van der Waals surface area contributed by atoms with Crippen LogP contribution in [0, 0.1) is 5.82 Å². The van der Waals surface area contributed by atoms with Crippen molar-refractivity contribution in [2.75, 3.05) is 18.5 Å². The van der Waals surface area contributed by atoms with E-state index in [9.17, 15) is 18.8 Å². The lowest BCUT2D eigenvalue weighted by molar-refractivity contribution is -0.127. The van der Waals surface area contributed by atoms with Gasteiger partial charge in [-0.3, -0.25) is 19.3 Å². The van der Waals surface area contributed by atoms with E-state index in [2.05, 4.69) is 11.9 Å². The molecule has 0 atom stereocenters. The van der Waals surface area contributed by atoms with Gasteiger partial charge >= 0.3 is 0 Å². The molecule has 1 fully saturated rings. The standard InChI is InChI=1S/C30H27FN2O5S/c1-3-8-22-15-21(16-25(37-4-2)28(22)38-19-20-9-6-5-7-10-20)17-26-29(35)33(30(36)39-26)18-27(34)32-24-13-11-23(31)12-14-24/h3,5-7,9-17H,1,4,8,18-19H2,2H3,(H,32,34)/b26-17-. The van der Waals surface area contributed by atoms with Gasteiger partial charge in [0.05, 0.1) is 11.5 Å². The number of carbonyl (C=O) groups is 3. The fourth-order valence-corrected chi connectivity index (χ4v) is 4.73. The van der Waals surface area contributed by atoms with Gasteiger partial charge in [0.15, 0.2) is 11.5 Å². The molecule has 0 bridgehead atoms. The summed E-state index contributed by atoms with van der Waals surface area (Å²) in [7, 11) is 0. The Morgan fingerprint density at radius 2 is 1.82 bits per heavy atom. The number of nitrogens with zero attached hydrogens (tertiary/aromatic N) is 1. The minimum atomic E-state index is -0.577. The topological polar surface area (TPSA) is 84.9 Å². The van der Waals surface area contributed by atoms with Crippen LogP contribution in [0.1, 0.15) is 23.6 Å². The third-order valence-corrected chi connectivity index (χ3v) is 6.55. The van der Waals surface area contributed by atoms with Crippen LogP contribution in [0.5, 0.6) is 11.5 Å². The maximum Gasteiger partial charge on any atom is 0.294 e. The molecule has 9 heteroatoms. The van der Waals surface area contributed by atoms with Crippen LogP contribution in [0.15, 0.2) is 84.3 Å². The van der Waals surface area contributed by atoms with E-state index in [0.717, 1.165) is 27.8 Å². The van der Waals surface area contributed by atoms with Crippen LogP contribution in [-0.2, 0) is 22.6 Å². The van der Waals surface area contributed by atoms with Crippen molar-refractivity contribution >= 4 is 40.6 Å². The monoisotopic (exact) mass is 546 g/mol. The molecule has 3 amide bonds. The van der Waals surface area contributed by atoms with Crippen LogP contribution >= 0.6 is 11.8 Å². The van der Waals surface area contributed by atoms with Gasteiger partial charge in [0.25, 0.3) is 11.1 Å². The summed E-state index contributed by atoms with van der Waals surface area (Å²) in [4.78, 5) is 39.1. The number of halogens is 1. The van der Waals surface area contributed by atoms with E-state index < -0.39 is 29.4 Å². The second kappa shape index (κ2) is 12.9. The molecular weight excluding hydrogens is 519 g/mol. The Morgan fingerprint density at radius 3 is 2.51 bits per heavy atom. The molecule has 4 rings (SSSR count). The Morgan fingerprint density at radius 1 is 1.08 bits per heavy atom. The molecule has 1 saturated heterocycles. The third kappa shape index (κ3) is 7.14. The van der Waals surface area contributed by atoms with E-state index in [4.69, 9.17) is 9.47 Å². The summed E-state index contributed by atoms with van der Waals surface area (Å²) in [6.45, 7) is 6.00. The summed E-state index contributed by atoms with van der Waals surface area (Å²) >= 11 is 0.754. The third-order valence-electron chi connectivity index (χ3n) is 5.65. The molecule has 0 spiro atoms. The highest BCUT2D eigenvalue weighted by Gasteiger charge is 2.36. The summed E-state index contributed by atoms with van der Waals surface area (Å²) in [5, 5.41) is 2.00. The number of thioether (sulfide) groups is 1. The van der Waals surface area contributed by atoms with E-state index in [1.54, 1.807) is 18.2 Å². The van der Waals surface area contributed by atoms with Gasteiger partial charge in [-0.25, -0.2) is 4.39 Å². The molecule has 3 aromatic rings. The Balaban J connectivity index is 1.54. The van der Waals surface area contributed by atoms with E-state index >= 15 is 0 Å². The number of benzene rings is 3. The number of hydrogen-bond acceptors (Lipinski definition) is 6. The Kier molecular flexibility index (Phi) is 9.17. The molecule has 1 aliphatic heterocycles. The first-order valence-electron chi connectivity index (χ1n) is 12.3. The van der Waals surface area contributed by atoms with E-state index in [1.807, 2.05) is 43.3 Å². The van der Waals surface area contributed by atoms with Crippen LogP contribution < -0.4 is 14.8 Å². The summed E-state index contributed by atoms with van der Waals surface area (Å²) in [5.74, 6) is -0.493. The Hall–Kier alpha value is -4.37. The van der Waals surface area contributed by atoms with Crippen molar-refractivity contribution in [2.45, 2.75) is 20.0 Å². The number of carbonyl (C=O) groups excluding carboxylic acids is 3. The van der Waals surface area contributed by atoms with Gasteiger partial charge in [-0.1, -0.05) is 36.4 Å². The van der Waals surface area contributed by atoms with Crippen LogP contribution in [0.3, 0.4) is 0 Å². The highest BCUT2D eigenvalue weighted by molar-refractivity contribution is 8.18. The summed E-state index contributed by atoms with van der Waals surface area (Å²) in [6, 6.07) is 18.6. The number of imide groups is 1. The average Bonchev–Trinajstić information content (AvgIpc) is 3.17. The quantitative estimate of drug-likeness (QED) is 0.228.